The minimum absolute atomic E-state index is 0.359. The van der Waals surface area contributed by atoms with Gasteiger partial charge in [-0.2, -0.15) is 0 Å². The second kappa shape index (κ2) is 8.19. The number of methoxy groups -OCH3 is 1. The minimum Gasteiger partial charge on any atom is -0.383 e. The summed E-state index contributed by atoms with van der Waals surface area (Å²) < 4.78 is 10.7. The quantitative estimate of drug-likeness (QED) is 0.730. The van der Waals surface area contributed by atoms with Crippen LogP contribution in [0.5, 0.6) is 0 Å². The van der Waals surface area contributed by atoms with Crippen LogP contribution in [-0.4, -0.2) is 51.5 Å². The third-order valence-corrected chi connectivity index (χ3v) is 3.51. The van der Waals surface area contributed by atoms with Gasteiger partial charge in [0.05, 0.1) is 12.7 Å². The summed E-state index contributed by atoms with van der Waals surface area (Å²) in [5.41, 5.74) is 1.19. The molecule has 5 nitrogen and oxygen atoms in total. The molecule has 0 aromatic carbocycles. The topological polar surface area (TPSA) is 46.6 Å². The monoisotopic (exact) mass is 279 g/mol. The summed E-state index contributed by atoms with van der Waals surface area (Å²) in [6.07, 6.45) is 4.63. The van der Waals surface area contributed by atoms with Gasteiger partial charge in [-0.25, -0.2) is 4.98 Å². The van der Waals surface area contributed by atoms with Crippen molar-refractivity contribution in [1.29, 1.82) is 0 Å². The fourth-order valence-corrected chi connectivity index (χ4v) is 2.34. The van der Waals surface area contributed by atoms with Crippen LogP contribution in [0, 0.1) is 0 Å². The third kappa shape index (κ3) is 4.74. The molecule has 0 aliphatic carbocycles. The van der Waals surface area contributed by atoms with E-state index < -0.39 is 0 Å². The number of anilines is 1. The van der Waals surface area contributed by atoms with Crippen molar-refractivity contribution in [1.82, 2.24) is 10.3 Å². The zero-order valence-electron chi connectivity index (χ0n) is 12.5. The molecule has 0 saturated carbocycles. The number of ether oxygens (including phenoxy) is 2. The van der Waals surface area contributed by atoms with Crippen molar-refractivity contribution in [3.8, 4) is 0 Å². The van der Waals surface area contributed by atoms with E-state index in [9.17, 15) is 0 Å². The molecule has 2 heterocycles. The average molecular weight is 279 g/mol. The lowest BCUT2D eigenvalue weighted by Gasteiger charge is -2.21. The summed E-state index contributed by atoms with van der Waals surface area (Å²) in [5, 5.41) is 3.31. The molecule has 0 bridgehead atoms. The fraction of sp³-hybridized carbons (Fsp3) is 0.667. The molecule has 2 rings (SSSR count). The second-order valence-corrected chi connectivity index (χ2v) is 5.21. The Balaban J connectivity index is 1.77. The zero-order valence-corrected chi connectivity index (χ0v) is 12.5. The van der Waals surface area contributed by atoms with E-state index in [0.29, 0.717) is 6.10 Å². The Bertz CT molecular complexity index is 377. The van der Waals surface area contributed by atoms with Crippen molar-refractivity contribution in [2.24, 2.45) is 0 Å². The van der Waals surface area contributed by atoms with Gasteiger partial charge in [0.25, 0.3) is 0 Å². The van der Waals surface area contributed by atoms with Gasteiger partial charge in [-0.1, -0.05) is 6.07 Å². The third-order valence-electron chi connectivity index (χ3n) is 3.51. The van der Waals surface area contributed by atoms with Crippen molar-refractivity contribution < 1.29 is 9.47 Å². The molecule has 1 N–H and O–H groups in total. The first-order chi connectivity index (χ1) is 9.79. The molecule has 1 aromatic heterocycles. The van der Waals surface area contributed by atoms with Crippen LogP contribution in [0.25, 0.3) is 0 Å². The van der Waals surface area contributed by atoms with Crippen LogP contribution in [0.3, 0.4) is 0 Å². The number of rotatable bonds is 8. The Hall–Kier alpha value is -1.17. The maximum atomic E-state index is 5.65. The second-order valence-electron chi connectivity index (χ2n) is 5.21. The van der Waals surface area contributed by atoms with Crippen LogP contribution >= 0.6 is 0 Å². The molecule has 1 saturated heterocycles. The number of aromatic nitrogens is 1. The molecule has 0 amide bonds. The van der Waals surface area contributed by atoms with E-state index in [2.05, 4.69) is 34.4 Å². The van der Waals surface area contributed by atoms with E-state index in [1.165, 1.54) is 12.0 Å². The van der Waals surface area contributed by atoms with Gasteiger partial charge in [-0.15, -0.1) is 0 Å². The molecular weight excluding hydrogens is 254 g/mol. The number of pyridine rings is 1. The lowest BCUT2D eigenvalue weighted by Crippen LogP contribution is -2.29. The lowest BCUT2D eigenvalue weighted by atomic mass is 10.2. The van der Waals surface area contributed by atoms with Gasteiger partial charge in [0.1, 0.15) is 5.82 Å². The maximum Gasteiger partial charge on any atom is 0.128 e. The Kier molecular flexibility index (Phi) is 6.24. The summed E-state index contributed by atoms with van der Waals surface area (Å²) in [6, 6.07) is 4.19. The highest BCUT2D eigenvalue weighted by Crippen LogP contribution is 2.16. The van der Waals surface area contributed by atoms with E-state index in [4.69, 9.17) is 9.47 Å². The van der Waals surface area contributed by atoms with Crippen molar-refractivity contribution in [3.05, 3.63) is 23.9 Å². The maximum absolute atomic E-state index is 5.65. The molecule has 20 heavy (non-hydrogen) atoms. The van der Waals surface area contributed by atoms with E-state index in [1.54, 1.807) is 7.11 Å². The Morgan fingerprint density at radius 2 is 2.40 bits per heavy atom. The first kappa shape index (κ1) is 15.2. The zero-order chi connectivity index (χ0) is 14.2. The summed E-state index contributed by atoms with van der Waals surface area (Å²) in [7, 11) is 3.78. The van der Waals surface area contributed by atoms with Gasteiger partial charge >= 0.3 is 0 Å². The highest BCUT2D eigenvalue weighted by molar-refractivity contribution is 5.38. The SMILES string of the molecule is COCCNCc1ccc(N(C)CC2CCCO2)nc1. The first-order valence-electron chi connectivity index (χ1n) is 7.27. The predicted octanol–water partition coefficient (Wildman–Crippen LogP) is 1.43. The van der Waals surface area contributed by atoms with Crippen molar-refractivity contribution in [3.63, 3.8) is 0 Å². The normalized spacial score (nSPS) is 18.4. The standard InChI is InChI=1S/C15H25N3O2/c1-18(12-14-4-3-8-20-14)15-6-5-13(11-17-15)10-16-7-9-19-2/h5-6,11,14,16H,3-4,7-10,12H2,1-2H3. The van der Waals surface area contributed by atoms with Crippen LogP contribution in [0.15, 0.2) is 18.3 Å². The van der Waals surface area contributed by atoms with E-state index in [-0.39, 0.29) is 0 Å². The van der Waals surface area contributed by atoms with Crippen LogP contribution in [0.1, 0.15) is 18.4 Å². The largest absolute Gasteiger partial charge is 0.383 e. The molecule has 5 heteroatoms. The van der Waals surface area contributed by atoms with Crippen molar-refractivity contribution in [2.45, 2.75) is 25.5 Å². The van der Waals surface area contributed by atoms with Crippen LogP contribution in [0.2, 0.25) is 0 Å². The van der Waals surface area contributed by atoms with Crippen LogP contribution in [-0.2, 0) is 16.0 Å². The molecular formula is C15H25N3O2. The minimum atomic E-state index is 0.359. The number of likely N-dealkylation sites (N-methyl/N-ethyl adjacent to an activating group) is 1. The number of nitrogens with one attached hydrogen (secondary N) is 1. The first-order valence-corrected chi connectivity index (χ1v) is 7.27. The predicted molar refractivity (Wildman–Crippen MR) is 80.1 cm³/mol. The molecule has 1 unspecified atom stereocenters. The summed E-state index contributed by atoms with van der Waals surface area (Å²) in [6.45, 7) is 4.23. The molecule has 1 atom stereocenters. The number of hydrogen-bond donors (Lipinski definition) is 1. The molecule has 0 spiro atoms. The van der Waals surface area contributed by atoms with Crippen LogP contribution < -0.4 is 10.2 Å². The van der Waals surface area contributed by atoms with Gasteiger partial charge in [-0.05, 0) is 24.5 Å². The summed E-state index contributed by atoms with van der Waals surface area (Å²) in [4.78, 5) is 6.68. The van der Waals surface area contributed by atoms with Gasteiger partial charge in [0.2, 0.25) is 0 Å². The molecule has 1 fully saturated rings. The smallest absolute Gasteiger partial charge is 0.128 e. The summed E-state index contributed by atoms with van der Waals surface area (Å²) >= 11 is 0. The molecule has 0 radical (unpaired) electrons. The molecule has 112 valence electrons. The van der Waals surface area contributed by atoms with E-state index >= 15 is 0 Å². The Labute approximate surface area is 121 Å². The average Bonchev–Trinajstić information content (AvgIpc) is 2.97. The molecule has 1 aliphatic heterocycles. The highest BCUT2D eigenvalue weighted by atomic mass is 16.5. The highest BCUT2D eigenvalue weighted by Gasteiger charge is 2.17. The van der Waals surface area contributed by atoms with Gasteiger partial charge in [-0.3, -0.25) is 0 Å². The number of hydrogen-bond acceptors (Lipinski definition) is 5. The van der Waals surface area contributed by atoms with Gasteiger partial charge in [0, 0.05) is 46.6 Å². The molecule has 1 aliphatic rings. The van der Waals surface area contributed by atoms with Gasteiger partial charge in [0.15, 0.2) is 0 Å². The Morgan fingerprint density at radius 1 is 1.50 bits per heavy atom. The van der Waals surface area contributed by atoms with Crippen LogP contribution in [0.4, 0.5) is 5.82 Å². The molecule has 1 aromatic rings. The van der Waals surface area contributed by atoms with E-state index in [1.807, 2.05) is 6.20 Å². The van der Waals surface area contributed by atoms with E-state index in [0.717, 1.165) is 45.1 Å². The number of nitrogens with zero attached hydrogens (tertiary/aromatic N) is 2. The summed E-state index contributed by atoms with van der Waals surface area (Å²) in [5.74, 6) is 1.00. The van der Waals surface area contributed by atoms with Crippen molar-refractivity contribution in [2.75, 3.05) is 45.4 Å². The fourth-order valence-electron chi connectivity index (χ4n) is 2.34. The Morgan fingerprint density at radius 3 is 3.05 bits per heavy atom. The van der Waals surface area contributed by atoms with Crippen molar-refractivity contribution >= 4 is 5.82 Å². The lowest BCUT2D eigenvalue weighted by molar-refractivity contribution is 0.116. The van der Waals surface area contributed by atoms with Gasteiger partial charge < -0.3 is 19.7 Å².